The minimum atomic E-state index is -0.941. The van der Waals surface area contributed by atoms with Crippen LogP contribution in [0.15, 0.2) is 22.1 Å². The van der Waals surface area contributed by atoms with E-state index in [4.69, 9.17) is 5.26 Å². The molecule has 0 aliphatic heterocycles. The van der Waals surface area contributed by atoms with Crippen molar-refractivity contribution in [2.75, 3.05) is 13.4 Å². The number of methoxy groups -OCH3 is 1. The van der Waals surface area contributed by atoms with Crippen LogP contribution in [0.4, 0.5) is 8.78 Å². The topological polar surface area (TPSA) is 78.8 Å². The SMILES string of the molecule is COc1c(F)cc(-c2nc(SC)[nH]c(=O)c2C#N)cc1F. The lowest BCUT2D eigenvalue weighted by molar-refractivity contribution is 0.360. The van der Waals surface area contributed by atoms with Gasteiger partial charge >= 0.3 is 0 Å². The Kier molecular flexibility index (Phi) is 4.23. The Hall–Kier alpha value is -2.40. The van der Waals surface area contributed by atoms with Gasteiger partial charge in [0.25, 0.3) is 5.56 Å². The second kappa shape index (κ2) is 5.93. The first-order chi connectivity index (χ1) is 10.0. The predicted molar refractivity (Wildman–Crippen MR) is 73.3 cm³/mol. The Morgan fingerprint density at radius 3 is 2.48 bits per heavy atom. The van der Waals surface area contributed by atoms with Gasteiger partial charge in [-0.3, -0.25) is 4.79 Å². The summed E-state index contributed by atoms with van der Waals surface area (Å²) >= 11 is 1.14. The number of ether oxygens (including phenoxy) is 1. The molecule has 0 aliphatic carbocycles. The fraction of sp³-hybridized carbons (Fsp3) is 0.154. The lowest BCUT2D eigenvalue weighted by Gasteiger charge is -2.08. The number of halogens is 2. The van der Waals surface area contributed by atoms with Crippen molar-refractivity contribution in [1.29, 1.82) is 5.26 Å². The van der Waals surface area contributed by atoms with E-state index in [-0.39, 0.29) is 22.0 Å². The average molecular weight is 309 g/mol. The predicted octanol–water partition coefficient (Wildman–Crippen LogP) is 2.32. The molecular weight excluding hydrogens is 300 g/mol. The van der Waals surface area contributed by atoms with Gasteiger partial charge in [0.2, 0.25) is 0 Å². The van der Waals surface area contributed by atoms with Crippen LogP contribution in [0, 0.1) is 23.0 Å². The molecule has 0 unspecified atom stereocenters. The van der Waals surface area contributed by atoms with E-state index < -0.39 is 22.9 Å². The van der Waals surface area contributed by atoms with Crippen LogP contribution >= 0.6 is 11.8 Å². The highest BCUT2D eigenvalue weighted by Gasteiger charge is 2.18. The molecule has 1 aromatic carbocycles. The van der Waals surface area contributed by atoms with E-state index in [9.17, 15) is 13.6 Å². The summed E-state index contributed by atoms with van der Waals surface area (Å²) in [7, 11) is 1.14. The molecule has 1 N–H and O–H groups in total. The largest absolute Gasteiger partial charge is 0.491 e. The van der Waals surface area contributed by atoms with Gasteiger partial charge < -0.3 is 9.72 Å². The van der Waals surface area contributed by atoms with Crippen molar-refractivity contribution < 1.29 is 13.5 Å². The molecule has 108 valence electrons. The molecule has 0 atom stereocenters. The van der Waals surface area contributed by atoms with Crippen molar-refractivity contribution in [2.45, 2.75) is 5.16 Å². The third-order valence-electron chi connectivity index (χ3n) is 2.68. The number of hydrogen-bond acceptors (Lipinski definition) is 5. The maximum Gasteiger partial charge on any atom is 0.270 e. The Balaban J connectivity index is 2.75. The normalized spacial score (nSPS) is 10.2. The monoisotopic (exact) mass is 309 g/mol. The van der Waals surface area contributed by atoms with Crippen LogP contribution in [-0.4, -0.2) is 23.3 Å². The lowest BCUT2D eigenvalue weighted by Crippen LogP contribution is -2.14. The van der Waals surface area contributed by atoms with Crippen LogP contribution in [0.2, 0.25) is 0 Å². The average Bonchev–Trinajstić information content (AvgIpc) is 2.45. The smallest absolute Gasteiger partial charge is 0.270 e. The van der Waals surface area contributed by atoms with Gasteiger partial charge in [-0.1, -0.05) is 11.8 Å². The number of thioether (sulfide) groups is 1. The standard InChI is InChI=1S/C13H9F2N3O2S/c1-20-11-8(14)3-6(4-9(11)15)10-7(5-16)12(19)18-13(17-10)21-2/h3-4H,1-2H3,(H,17,18,19). The molecule has 0 radical (unpaired) electrons. The van der Waals surface area contributed by atoms with Crippen molar-refractivity contribution >= 4 is 11.8 Å². The van der Waals surface area contributed by atoms with Gasteiger partial charge in [0, 0.05) is 5.56 Å². The first kappa shape index (κ1) is 15.0. The Bertz CT molecular complexity index is 776. The van der Waals surface area contributed by atoms with Gasteiger partial charge in [0.05, 0.1) is 12.8 Å². The fourth-order valence-corrected chi connectivity index (χ4v) is 2.13. The third-order valence-corrected chi connectivity index (χ3v) is 3.26. The molecule has 8 heteroatoms. The zero-order valence-corrected chi connectivity index (χ0v) is 11.8. The van der Waals surface area contributed by atoms with Crippen molar-refractivity contribution in [3.05, 3.63) is 39.7 Å². The second-order valence-corrected chi connectivity index (χ2v) is 4.68. The van der Waals surface area contributed by atoms with Gasteiger partial charge in [0.1, 0.15) is 11.6 Å². The fourth-order valence-electron chi connectivity index (χ4n) is 1.75. The molecule has 1 heterocycles. The van der Waals surface area contributed by atoms with Crippen molar-refractivity contribution in [3.8, 4) is 23.1 Å². The first-order valence-electron chi connectivity index (χ1n) is 5.63. The number of H-pyrrole nitrogens is 1. The highest BCUT2D eigenvalue weighted by molar-refractivity contribution is 7.98. The van der Waals surface area contributed by atoms with Crippen LogP contribution in [0.5, 0.6) is 5.75 Å². The van der Waals surface area contributed by atoms with E-state index in [2.05, 4.69) is 14.7 Å². The molecule has 0 spiro atoms. The van der Waals surface area contributed by atoms with Crippen molar-refractivity contribution in [2.24, 2.45) is 0 Å². The number of nitrogens with zero attached hydrogens (tertiary/aromatic N) is 2. The highest BCUT2D eigenvalue weighted by Crippen LogP contribution is 2.29. The molecule has 0 saturated carbocycles. The summed E-state index contributed by atoms with van der Waals surface area (Å²) in [5, 5.41) is 9.28. The van der Waals surface area contributed by atoms with Gasteiger partial charge in [0.15, 0.2) is 22.5 Å². The molecule has 21 heavy (non-hydrogen) atoms. The molecule has 1 aromatic heterocycles. The molecule has 0 fully saturated rings. The van der Waals surface area contributed by atoms with Gasteiger partial charge in [-0.15, -0.1) is 0 Å². The van der Waals surface area contributed by atoms with Gasteiger partial charge in [-0.05, 0) is 18.4 Å². The number of aromatic nitrogens is 2. The zero-order chi connectivity index (χ0) is 15.6. The Labute approximate surface area is 122 Å². The number of aromatic amines is 1. The van der Waals surface area contributed by atoms with Gasteiger partial charge in [-0.2, -0.15) is 5.26 Å². The van der Waals surface area contributed by atoms with Crippen LogP contribution in [0.1, 0.15) is 5.56 Å². The van der Waals surface area contributed by atoms with Crippen molar-refractivity contribution in [1.82, 2.24) is 9.97 Å². The summed E-state index contributed by atoms with van der Waals surface area (Å²) in [6.07, 6.45) is 1.67. The number of hydrogen-bond donors (Lipinski definition) is 1. The molecule has 0 amide bonds. The summed E-state index contributed by atoms with van der Waals surface area (Å²) in [6, 6.07) is 3.62. The minimum Gasteiger partial charge on any atom is -0.491 e. The summed E-state index contributed by atoms with van der Waals surface area (Å²) < 4.78 is 32.1. The number of nitriles is 1. The van der Waals surface area contributed by atoms with E-state index in [0.717, 1.165) is 31.0 Å². The van der Waals surface area contributed by atoms with Crippen LogP contribution in [-0.2, 0) is 0 Å². The maximum atomic E-state index is 13.7. The Morgan fingerprint density at radius 2 is 2.00 bits per heavy atom. The lowest BCUT2D eigenvalue weighted by atomic mass is 10.1. The molecule has 0 bridgehead atoms. The zero-order valence-electron chi connectivity index (χ0n) is 11.0. The number of nitrogens with one attached hydrogen (secondary N) is 1. The highest BCUT2D eigenvalue weighted by atomic mass is 32.2. The van der Waals surface area contributed by atoms with Gasteiger partial charge in [-0.25, -0.2) is 13.8 Å². The maximum absolute atomic E-state index is 13.7. The summed E-state index contributed by atoms with van der Waals surface area (Å²) in [6.45, 7) is 0. The van der Waals surface area contributed by atoms with Crippen LogP contribution in [0.3, 0.4) is 0 Å². The summed E-state index contributed by atoms with van der Waals surface area (Å²) in [4.78, 5) is 18.2. The minimum absolute atomic E-state index is 0.0104. The number of rotatable bonds is 3. The summed E-state index contributed by atoms with van der Waals surface area (Å²) in [5.41, 5.74) is -1.06. The molecule has 2 rings (SSSR count). The molecule has 5 nitrogen and oxygen atoms in total. The van der Waals surface area contributed by atoms with E-state index in [1.165, 1.54) is 0 Å². The number of benzene rings is 1. The van der Waals surface area contributed by atoms with E-state index in [1.807, 2.05) is 0 Å². The molecule has 0 saturated heterocycles. The van der Waals surface area contributed by atoms with Crippen molar-refractivity contribution in [3.63, 3.8) is 0 Å². The summed E-state index contributed by atoms with van der Waals surface area (Å²) in [5.74, 6) is -2.42. The van der Waals surface area contributed by atoms with Crippen LogP contribution < -0.4 is 10.3 Å². The molecule has 2 aromatic rings. The Morgan fingerprint density at radius 1 is 1.38 bits per heavy atom. The van der Waals surface area contributed by atoms with Crippen LogP contribution in [0.25, 0.3) is 11.3 Å². The molecule has 0 aliphatic rings. The quantitative estimate of drug-likeness (QED) is 0.695. The van der Waals surface area contributed by atoms with E-state index in [1.54, 1.807) is 12.3 Å². The first-order valence-corrected chi connectivity index (χ1v) is 6.86. The van der Waals surface area contributed by atoms with E-state index >= 15 is 0 Å². The second-order valence-electron chi connectivity index (χ2n) is 3.88. The third kappa shape index (κ3) is 2.73. The molecular formula is C13H9F2N3O2S. The van der Waals surface area contributed by atoms with E-state index in [0.29, 0.717) is 0 Å².